The monoisotopic (exact) mass is 196 g/mol. The van der Waals surface area contributed by atoms with Crippen LogP contribution in [0.15, 0.2) is 0 Å². The van der Waals surface area contributed by atoms with Crippen molar-refractivity contribution >= 4 is 0 Å². The molecule has 0 aliphatic heterocycles. The summed E-state index contributed by atoms with van der Waals surface area (Å²) >= 11 is 0. The minimum atomic E-state index is 0.498. The van der Waals surface area contributed by atoms with Crippen molar-refractivity contribution in [2.24, 2.45) is 16.2 Å². The molecule has 14 heavy (non-hydrogen) atoms. The molecular formula is C14H28. The van der Waals surface area contributed by atoms with Gasteiger partial charge in [0.2, 0.25) is 0 Å². The zero-order chi connectivity index (χ0) is 11.0. The fourth-order valence-corrected chi connectivity index (χ4v) is 3.38. The fraction of sp³-hybridized carbons (Fsp3) is 1.00. The molecule has 0 bridgehead atoms. The lowest BCUT2D eigenvalue weighted by atomic mass is 9.44. The van der Waals surface area contributed by atoms with E-state index in [1.807, 2.05) is 0 Å². The Bertz CT molecular complexity index is 185. The largest absolute Gasteiger partial charge is 0.0654 e. The SMILES string of the molecule is CCCCC1(C(C)(C)C)CC(C)(C)C1. The van der Waals surface area contributed by atoms with Crippen LogP contribution in [0.4, 0.5) is 0 Å². The van der Waals surface area contributed by atoms with Crippen LogP contribution >= 0.6 is 0 Å². The van der Waals surface area contributed by atoms with Crippen molar-refractivity contribution in [3.63, 3.8) is 0 Å². The highest BCUT2D eigenvalue weighted by Crippen LogP contribution is 2.64. The highest BCUT2D eigenvalue weighted by Gasteiger charge is 2.54. The molecular weight excluding hydrogens is 168 g/mol. The van der Waals surface area contributed by atoms with Crippen molar-refractivity contribution in [2.45, 2.75) is 73.6 Å². The molecule has 0 aromatic carbocycles. The molecule has 0 heteroatoms. The summed E-state index contributed by atoms with van der Waals surface area (Å²) in [6.45, 7) is 14.4. The summed E-state index contributed by atoms with van der Waals surface area (Å²) in [6, 6.07) is 0. The van der Waals surface area contributed by atoms with Crippen LogP contribution in [0.3, 0.4) is 0 Å². The van der Waals surface area contributed by atoms with Crippen molar-refractivity contribution in [3.05, 3.63) is 0 Å². The summed E-state index contributed by atoms with van der Waals surface area (Å²) in [4.78, 5) is 0. The molecule has 0 nitrogen and oxygen atoms in total. The van der Waals surface area contributed by atoms with Crippen LogP contribution in [0.25, 0.3) is 0 Å². The van der Waals surface area contributed by atoms with Gasteiger partial charge in [0.15, 0.2) is 0 Å². The summed E-state index contributed by atoms with van der Waals surface area (Å²) < 4.78 is 0. The molecule has 0 aromatic heterocycles. The molecule has 0 radical (unpaired) electrons. The third kappa shape index (κ3) is 2.15. The number of hydrogen-bond acceptors (Lipinski definition) is 0. The van der Waals surface area contributed by atoms with Crippen LogP contribution in [-0.4, -0.2) is 0 Å². The lowest BCUT2D eigenvalue weighted by Gasteiger charge is -2.60. The molecule has 0 amide bonds. The standard InChI is InChI=1S/C14H28/c1-7-8-9-14(12(2,3)4)10-13(5,6)11-14/h7-11H2,1-6H3. The van der Waals surface area contributed by atoms with Gasteiger partial charge in [0.1, 0.15) is 0 Å². The first-order valence-corrected chi connectivity index (χ1v) is 6.22. The molecule has 0 unspecified atom stereocenters. The first-order chi connectivity index (χ1) is 6.22. The van der Waals surface area contributed by atoms with Crippen LogP contribution in [-0.2, 0) is 0 Å². The first-order valence-electron chi connectivity index (χ1n) is 6.22. The lowest BCUT2D eigenvalue weighted by molar-refractivity contribution is -0.104. The Labute approximate surface area is 90.5 Å². The van der Waals surface area contributed by atoms with Gasteiger partial charge in [0, 0.05) is 0 Å². The van der Waals surface area contributed by atoms with Crippen molar-refractivity contribution in [3.8, 4) is 0 Å². The summed E-state index contributed by atoms with van der Waals surface area (Å²) in [5, 5.41) is 0. The second kappa shape index (κ2) is 3.54. The average molecular weight is 196 g/mol. The minimum absolute atomic E-state index is 0.498. The molecule has 0 N–H and O–H groups in total. The third-order valence-electron chi connectivity index (χ3n) is 4.23. The second-order valence-electron chi connectivity index (χ2n) is 7.15. The van der Waals surface area contributed by atoms with Crippen LogP contribution in [0.1, 0.15) is 73.6 Å². The van der Waals surface area contributed by atoms with E-state index in [9.17, 15) is 0 Å². The Hall–Kier alpha value is 0. The van der Waals surface area contributed by atoms with Gasteiger partial charge >= 0.3 is 0 Å². The van der Waals surface area contributed by atoms with E-state index in [1.165, 1.54) is 32.1 Å². The minimum Gasteiger partial charge on any atom is -0.0654 e. The predicted molar refractivity (Wildman–Crippen MR) is 64.4 cm³/mol. The lowest BCUT2D eigenvalue weighted by Crippen LogP contribution is -2.51. The molecule has 1 saturated carbocycles. The maximum atomic E-state index is 2.43. The molecule has 1 aliphatic carbocycles. The van der Waals surface area contributed by atoms with Crippen molar-refractivity contribution < 1.29 is 0 Å². The molecule has 0 atom stereocenters. The van der Waals surface area contributed by atoms with Gasteiger partial charge in [-0.2, -0.15) is 0 Å². The number of rotatable bonds is 3. The van der Waals surface area contributed by atoms with Crippen molar-refractivity contribution in [1.82, 2.24) is 0 Å². The zero-order valence-corrected chi connectivity index (χ0v) is 11.0. The van der Waals surface area contributed by atoms with Gasteiger partial charge < -0.3 is 0 Å². The summed E-state index contributed by atoms with van der Waals surface area (Å²) in [5.41, 5.74) is 1.76. The number of hydrogen-bond donors (Lipinski definition) is 0. The molecule has 1 aliphatic rings. The highest BCUT2D eigenvalue weighted by atomic mass is 14.6. The van der Waals surface area contributed by atoms with Gasteiger partial charge in [-0.1, -0.05) is 54.4 Å². The van der Waals surface area contributed by atoms with E-state index in [1.54, 1.807) is 0 Å². The molecule has 1 fully saturated rings. The fourth-order valence-electron chi connectivity index (χ4n) is 3.38. The second-order valence-corrected chi connectivity index (χ2v) is 7.15. The van der Waals surface area contributed by atoms with Gasteiger partial charge in [-0.3, -0.25) is 0 Å². The molecule has 84 valence electrons. The Morgan fingerprint density at radius 1 is 1.07 bits per heavy atom. The molecule has 0 aromatic rings. The third-order valence-corrected chi connectivity index (χ3v) is 4.23. The van der Waals surface area contributed by atoms with Gasteiger partial charge in [0.05, 0.1) is 0 Å². The van der Waals surface area contributed by atoms with E-state index < -0.39 is 0 Å². The van der Waals surface area contributed by atoms with E-state index in [0.29, 0.717) is 16.2 Å². The molecule has 0 saturated heterocycles. The Morgan fingerprint density at radius 2 is 1.57 bits per heavy atom. The smallest absolute Gasteiger partial charge is 0.0239 e. The normalized spacial score (nSPS) is 24.4. The van der Waals surface area contributed by atoms with Crippen LogP contribution in [0.2, 0.25) is 0 Å². The Morgan fingerprint density at radius 3 is 1.86 bits per heavy atom. The molecule has 0 heterocycles. The summed E-state index contributed by atoms with van der Waals surface area (Å²) in [7, 11) is 0. The van der Waals surface area contributed by atoms with E-state index >= 15 is 0 Å². The van der Waals surface area contributed by atoms with Gasteiger partial charge in [-0.05, 0) is 35.5 Å². The quantitative estimate of drug-likeness (QED) is 0.594. The predicted octanol–water partition coefficient (Wildman–Crippen LogP) is 5.03. The Kier molecular flexibility index (Phi) is 3.05. The van der Waals surface area contributed by atoms with Crippen molar-refractivity contribution in [2.75, 3.05) is 0 Å². The van der Waals surface area contributed by atoms with Gasteiger partial charge in [0.25, 0.3) is 0 Å². The topological polar surface area (TPSA) is 0 Å². The number of unbranched alkanes of at least 4 members (excludes halogenated alkanes) is 1. The van der Waals surface area contributed by atoms with Crippen LogP contribution in [0, 0.1) is 16.2 Å². The maximum absolute atomic E-state index is 2.43. The first kappa shape index (κ1) is 12.1. The van der Waals surface area contributed by atoms with Gasteiger partial charge in [-0.15, -0.1) is 0 Å². The molecule has 1 rings (SSSR count). The van der Waals surface area contributed by atoms with E-state index in [2.05, 4.69) is 41.5 Å². The van der Waals surface area contributed by atoms with Crippen LogP contribution < -0.4 is 0 Å². The Balaban J connectivity index is 2.65. The van der Waals surface area contributed by atoms with Crippen molar-refractivity contribution in [1.29, 1.82) is 0 Å². The van der Waals surface area contributed by atoms with Crippen LogP contribution in [0.5, 0.6) is 0 Å². The molecule has 0 spiro atoms. The van der Waals surface area contributed by atoms with E-state index in [0.717, 1.165) is 0 Å². The van der Waals surface area contributed by atoms with Gasteiger partial charge in [-0.25, -0.2) is 0 Å². The highest BCUT2D eigenvalue weighted by molar-refractivity contribution is 5.04. The summed E-state index contributed by atoms with van der Waals surface area (Å²) in [5.74, 6) is 0. The summed E-state index contributed by atoms with van der Waals surface area (Å²) in [6.07, 6.45) is 7.06. The maximum Gasteiger partial charge on any atom is -0.0239 e. The zero-order valence-electron chi connectivity index (χ0n) is 11.0. The van der Waals surface area contributed by atoms with E-state index in [-0.39, 0.29) is 0 Å². The van der Waals surface area contributed by atoms with E-state index in [4.69, 9.17) is 0 Å². The average Bonchev–Trinajstić information content (AvgIpc) is 1.93.